The van der Waals surface area contributed by atoms with E-state index in [0.29, 0.717) is 29.5 Å². The van der Waals surface area contributed by atoms with Gasteiger partial charge < -0.3 is 29.4 Å². The number of allylic oxidation sites excluding steroid dienone is 1. The van der Waals surface area contributed by atoms with E-state index in [0.717, 1.165) is 62.1 Å². The molecule has 1 aliphatic carbocycles. The Kier molecular flexibility index (Phi) is 11.9. The first-order chi connectivity index (χ1) is 29.6. The van der Waals surface area contributed by atoms with Crippen LogP contribution in [0.5, 0.6) is 17.2 Å². The van der Waals surface area contributed by atoms with Gasteiger partial charge in [-0.15, -0.1) is 0 Å². The Labute approximate surface area is 363 Å². The van der Waals surface area contributed by atoms with E-state index in [4.69, 9.17) is 21.1 Å². The zero-order valence-corrected chi connectivity index (χ0v) is 36.0. The smallest absolute Gasteiger partial charge is 0.307 e. The SMILES string of the molecule is COC(=O)C[C@H]1COc2cc(S(=O)(=O)NC(=O)c3ccc(N4CCN(CC5=C(c6ccc(Cl)cc6)CC(C)(C)CC5)CC4)cc3Oc3cnc4[nH]ccc4c3)cc([N+](=O)[O-])c2N1. The van der Waals surface area contributed by atoms with Gasteiger partial charge in [-0.05, 0) is 72.2 Å². The highest BCUT2D eigenvalue weighted by Gasteiger charge is 2.34. The lowest BCUT2D eigenvalue weighted by molar-refractivity contribution is -0.384. The van der Waals surface area contributed by atoms with E-state index in [-0.39, 0.29) is 41.2 Å². The van der Waals surface area contributed by atoms with Crippen molar-refractivity contribution in [2.75, 3.05) is 56.7 Å². The maximum atomic E-state index is 14.0. The van der Waals surface area contributed by atoms with Crippen LogP contribution in [0.4, 0.5) is 17.1 Å². The number of nitrogens with one attached hydrogen (secondary N) is 3. The van der Waals surface area contributed by atoms with Gasteiger partial charge in [-0.3, -0.25) is 24.6 Å². The third-order valence-corrected chi connectivity index (χ3v) is 13.1. The summed E-state index contributed by atoms with van der Waals surface area (Å²) < 4.78 is 46.3. The summed E-state index contributed by atoms with van der Waals surface area (Å²) in [6, 6.07) is 17.9. The zero-order chi connectivity index (χ0) is 43.8. The van der Waals surface area contributed by atoms with Gasteiger partial charge in [0.15, 0.2) is 11.4 Å². The number of aromatic nitrogens is 2. The molecule has 0 bridgehead atoms. The summed E-state index contributed by atoms with van der Waals surface area (Å²) in [5.41, 5.74) is 4.87. The topological polar surface area (TPSA) is 198 Å². The van der Waals surface area contributed by atoms with E-state index in [1.165, 1.54) is 36.1 Å². The molecule has 0 saturated carbocycles. The Balaban J connectivity index is 1.03. The summed E-state index contributed by atoms with van der Waals surface area (Å²) in [6.45, 7) is 8.40. The van der Waals surface area contributed by atoms with Crippen LogP contribution in [0.2, 0.25) is 5.02 Å². The monoisotopic (exact) mass is 883 g/mol. The van der Waals surface area contributed by atoms with E-state index in [2.05, 4.69) is 60.5 Å². The summed E-state index contributed by atoms with van der Waals surface area (Å²) in [7, 11) is -3.49. The number of ether oxygens (including phenoxy) is 3. The minimum atomic E-state index is -4.71. The number of amides is 1. The molecular weight excluding hydrogens is 838 g/mol. The van der Waals surface area contributed by atoms with Crippen molar-refractivity contribution in [3.05, 3.63) is 111 Å². The molecule has 2 aliphatic heterocycles. The van der Waals surface area contributed by atoms with Gasteiger partial charge in [0.25, 0.3) is 21.6 Å². The molecule has 324 valence electrons. The number of sulfonamides is 1. The molecule has 62 heavy (non-hydrogen) atoms. The second-order valence-electron chi connectivity index (χ2n) is 16.5. The zero-order valence-electron chi connectivity index (χ0n) is 34.4. The lowest BCUT2D eigenvalue weighted by Crippen LogP contribution is -2.47. The fraction of sp³-hybridized carbons (Fsp3) is 0.341. The third-order valence-electron chi connectivity index (χ3n) is 11.6. The van der Waals surface area contributed by atoms with Crippen molar-refractivity contribution in [2.24, 2.45) is 5.41 Å². The molecular formula is C44H46ClN7O9S. The molecule has 8 rings (SSSR count). The fourth-order valence-corrected chi connectivity index (χ4v) is 9.31. The number of halogens is 1. The number of anilines is 2. The number of nitro groups is 1. The highest BCUT2D eigenvalue weighted by molar-refractivity contribution is 7.90. The lowest BCUT2D eigenvalue weighted by Gasteiger charge is -2.39. The maximum Gasteiger partial charge on any atom is 0.307 e. The Bertz CT molecular complexity index is 2690. The number of methoxy groups -OCH3 is 1. The second kappa shape index (κ2) is 17.3. The summed E-state index contributed by atoms with van der Waals surface area (Å²) in [5.74, 6) is -1.31. The molecule has 18 heteroatoms. The number of nitrogens with zero attached hydrogens (tertiary/aromatic N) is 4. The van der Waals surface area contributed by atoms with Crippen LogP contribution in [-0.2, 0) is 19.6 Å². The van der Waals surface area contributed by atoms with Crippen molar-refractivity contribution in [2.45, 2.75) is 50.5 Å². The first-order valence-corrected chi connectivity index (χ1v) is 22.1. The van der Waals surface area contributed by atoms with E-state index < -0.39 is 43.4 Å². The molecule has 3 aliphatic rings. The molecule has 3 aromatic carbocycles. The number of carbonyl (C=O) groups is 2. The number of nitro benzene ring substituents is 1. The minimum Gasteiger partial charge on any atom is -0.489 e. The van der Waals surface area contributed by atoms with Crippen molar-refractivity contribution >= 4 is 67.2 Å². The standard InChI is InChI=1S/C44H46ClN7O9S/c1-44(2)12-10-29(36(23-44)27-4-6-30(45)7-5-27)25-50-14-16-51(17-15-50)32-8-9-35(38(20-32)61-33-18-28-11-13-46-42(28)47-24-33)43(54)49-62(57,58)34-21-37(52(55)56)41-39(22-34)60-26-31(48-41)19-40(53)59-3/h4-9,11,13,18,20-22,24,31,48H,10,12,14-17,19,23,25-26H2,1-3H3,(H,46,47)(H,49,54)/t31-/m0/s1. The van der Waals surface area contributed by atoms with Crippen LogP contribution < -0.4 is 24.4 Å². The molecule has 1 amide bonds. The maximum absolute atomic E-state index is 14.0. The van der Waals surface area contributed by atoms with Crippen LogP contribution in [-0.4, -0.2) is 92.6 Å². The molecule has 4 heterocycles. The highest BCUT2D eigenvalue weighted by atomic mass is 35.5. The molecule has 16 nitrogen and oxygen atoms in total. The van der Waals surface area contributed by atoms with Gasteiger partial charge in [0.05, 0.1) is 41.2 Å². The Morgan fingerprint density at radius 3 is 2.58 bits per heavy atom. The normalized spacial score (nSPS) is 17.7. The molecule has 3 N–H and O–H groups in total. The minimum absolute atomic E-state index is 0.0810. The number of hydrogen-bond acceptors (Lipinski definition) is 13. The predicted octanol–water partition coefficient (Wildman–Crippen LogP) is 7.56. The van der Waals surface area contributed by atoms with Crippen molar-refractivity contribution in [3.8, 4) is 17.2 Å². The van der Waals surface area contributed by atoms with Gasteiger partial charge >= 0.3 is 5.97 Å². The number of esters is 1. The van der Waals surface area contributed by atoms with Crippen LogP contribution >= 0.6 is 11.6 Å². The summed E-state index contributed by atoms with van der Waals surface area (Å²) >= 11 is 6.23. The van der Waals surface area contributed by atoms with Crippen molar-refractivity contribution in [3.63, 3.8) is 0 Å². The number of benzene rings is 3. The lowest BCUT2D eigenvalue weighted by atomic mass is 9.72. The molecule has 0 radical (unpaired) electrons. The van der Waals surface area contributed by atoms with Crippen LogP contribution in [0.25, 0.3) is 16.6 Å². The summed E-state index contributed by atoms with van der Waals surface area (Å²) in [5, 5.41) is 16.5. The average Bonchev–Trinajstić information content (AvgIpc) is 3.72. The van der Waals surface area contributed by atoms with E-state index >= 15 is 0 Å². The number of rotatable bonds is 12. The number of fused-ring (bicyclic) bond motifs is 2. The highest BCUT2D eigenvalue weighted by Crippen LogP contribution is 2.44. The quantitative estimate of drug-likeness (QED) is 0.0631. The van der Waals surface area contributed by atoms with Gasteiger partial charge in [-0.2, -0.15) is 0 Å². The molecule has 1 fully saturated rings. The average molecular weight is 884 g/mol. The Hall–Kier alpha value is -6.17. The Morgan fingerprint density at radius 1 is 1.06 bits per heavy atom. The second-order valence-corrected chi connectivity index (χ2v) is 18.6. The van der Waals surface area contributed by atoms with E-state index in [1.54, 1.807) is 24.4 Å². The van der Waals surface area contributed by atoms with Crippen LogP contribution in [0.15, 0.2) is 89.6 Å². The molecule has 1 atom stereocenters. The first kappa shape index (κ1) is 42.5. The molecule has 5 aromatic rings. The summed E-state index contributed by atoms with van der Waals surface area (Å²) in [6.07, 6.45) is 6.25. The number of piperazine rings is 1. The van der Waals surface area contributed by atoms with Crippen LogP contribution in [0.3, 0.4) is 0 Å². The largest absolute Gasteiger partial charge is 0.489 e. The van der Waals surface area contributed by atoms with Gasteiger partial charge in [0.2, 0.25) is 0 Å². The van der Waals surface area contributed by atoms with Crippen LogP contribution in [0.1, 0.15) is 55.5 Å². The molecule has 2 aromatic heterocycles. The first-order valence-electron chi connectivity index (χ1n) is 20.2. The van der Waals surface area contributed by atoms with Crippen molar-refractivity contribution < 1.29 is 37.1 Å². The number of hydrogen-bond donors (Lipinski definition) is 3. The van der Waals surface area contributed by atoms with Gasteiger partial charge in [0.1, 0.15) is 23.8 Å². The summed E-state index contributed by atoms with van der Waals surface area (Å²) in [4.78, 5) is 48.7. The Morgan fingerprint density at radius 2 is 1.84 bits per heavy atom. The van der Waals surface area contributed by atoms with Crippen molar-refractivity contribution in [1.29, 1.82) is 0 Å². The molecule has 1 saturated heterocycles. The van der Waals surface area contributed by atoms with E-state index in [9.17, 15) is 28.1 Å². The number of carbonyl (C=O) groups excluding carboxylic acids is 2. The fourth-order valence-electron chi connectivity index (χ4n) is 8.18. The van der Waals surface area contributed by atoms with Gasteiger partial charge in [-0.1, -0.05) is 43.2 Å². The van der Waals surface area contributed by atoms with Crippen LogP contribution in [0, 0.1) is 15.5 Å². The predicted molar refractivity (Wildman–Crippen MR) is 235 cm³/mol. The van der Waals surface area contributed by atoms with Gasteiger partial charge in [0, 0.05) is 73.2 Å². The number of pyridine rings is 1. The third kappa shape index (κ3) is 9.34. The number of H-pyrrole nitrogens is 1. The molecule has 0 unspecified atom stereocenters. The van der Waals surface area contributed by atoms with Gasteiger partial charge in [-0.25, -0.2) is 18.1 Å². The number of aromatic amines is 1. The van der Waals surface area contributed by atoms with E-state index in [1.807, 2.05) is 18.2 Å². The van der Waals surface area contributed by atoms with Crippen molar-refractivity contribution in [1.82, 2.24) is 19.6 Å². The molecule has 0 spiro atoms.